The van der Waals surface area contributed by atoms with Crippen LogP contribution in [0.3, 0.4) is 0 Å². The molecule has 3 N–H and O–H groups in total. The van der Waals surface area contributed by atoms with Crippen LogP contribution in [0.1, 0.15) is 18.4 Å². The van der Waals surface area contributed by atoms with Crippen molar-refractivity contribution in [2.75, 3.05) is 25.5 Å². The van der Waals surface area contributed by atoms with Crippen molar-refractivity contribution < 1.29 is 23.4 Å². The van der Waals surface area contributed by atoms with E-state index in [9.17, 15) is 8.78 Å². The Morgan fingerprint density at radius 2 is 1.88 bits per heavy atom. The van der Waals surface area contributed by atoms with Crippen LogP contribution in [-0.2, 0) is 6.61 Å². The van der Waals surface area contributed by atoms with Gasteiger partial charge < -0.3 is 25.2 Å². The summed E-state index contributed by atoms with van der Waals surface area (Å²) in [7, 11) is 1.58. The molecule has 1 fully saturated rings. The fraction of sp³-hybridized carbons (Fsp3) is 0.304. The van der Waals surface area contributed by atoms with Crippen molar-refractivity contribution in [1.82, 2.24) is 15.3 Å². The summed E-state index contributed by atoms with van der Waals surface area (Å²) in [6.07, 6.45) is 3.72. The number of methoxy groups -OCH3 is 1. The summed E-state index contributed by atoms with van der Waals surface area (Å²) >= 11 is 0. The highest BCUT2D eigenvalue weighted by Gasteiger charge is 2.18. The number of aromatic nitrogens is 2. The molecule has 9 heteroatoms. The third-order valence-electron chi connectivity index (χ3n) is 5.29. The maximum Gasteiger partial charge on any atom is 0.246 e. The highest BCUT2D eigenvalue weighted by Crippen LogP contribution is 2.31. The first kappa shape index (κ1) is 21.9. The molecule has 7 nitrogen and oxygen atoms in total. The first-order valence-electron chi connectivity index (χ1n) is 10.3. The summed E-state index contributed by atoms with van der Waals surface area (Å²) in [5.41, 5.74) is 0.304. The molecule has 1 aromatic heterocycles. The Hall–Kier alpha value is -3.30. The fourth-order valence-electron chi connectivity index (χ4n) is 3.51. The van der Waals surface area contributed by atoms with Gasteiger partial charge >= 0.3 is 0 Å². The van der Waals surface area contributed by atoms with Crippen LogP contribution in [0.4, 0.5) is 14.5 Å². The largest absolute Gasteiger partial charge is 0.497 e. The van der Waals surface area contributed by atoms with E-state index in [-0.39, 0.29) is 17.3 Å². The van der Waals surface area contributed by atoms with E-state index in [1.54, 1.807) is 31.4 Å². The molecule has 3 aromatic rings. The van der Waals surface area contributed by atoms with E-state index in [1.807, 2.05) is 0 Å². The van der Waals surface area contributed by atoms with Crippen molar-refractivity contribution in [3.8, 4) is 28.8 Å². The third kappa shape index (κ3) is 4.95. The van der Waals surface area contributed by atoms with Crippen LogP contribution in [0.25, 0.3) is 11.4 Å². The summed E-state index contributed by atoms with van der Waals surface area (Å²) in [5, 5.41) is 15.8. The summed E-state index contributed by atoms with van der Waals surface area (Å²) in [6.45, 7) is 0.913. The molecule has 0 radical (unpaired) electrons. The van der Waals surface area contributed by atoms with Crippen LogP contribution < -0.4 is 20.1 Å². The second-order valence-electron chi connectivity index (χ2n) is 7.44. The van der Waals surface area contributed by atoms with Gasteiger partial charge in [0.1, 0.15) is 28.8 Å². The van der Waals surface area contributed by atoms with Gasteiger partial charge in [-0.05, 0) is 55.8 Å². The van der Waals surface area contributed by atoms with Crippen molar-refractivity contribution in [1.29, 1.82) is 0 Å². The molecular formula is C23H24F2N4O3. The van der Waals surface area contributed by atoms with Gasteiger partial charge in [-0.3, -0.25) is 0 Å². The molecule has 0 unspecified atom stereocenters. The minimum atomic E-state index is -0.863. The second kappa shape index (κ2) is 9.88. The van der Waals surface area contributed by atoms with Gasteiger partial charge in [0.05, 0.1) is 19.9 Å². The zero-order valence-electron chi connectivity index (χ0n) is 17.6. The number of benzene rings is 2. The van der Waals surface area contributed by atoms with E-state index in [0.29, 0.717) is 29.8 Å². The average molecular weight is 442 g/mol. The van der Waals surface area contributed by atoms with Crippen molar-refractivity contribution in [2.45, 2.75) is 25.5 Å². The van der Waals surface area contributed by atoms with Crippen LogP contribution in [-0.4, -0.2) is 41.3 Å². The molecule has 0 spiro atoms. The molecule has 2 aromatic carbocycles. The van der Waals surface area contributed by atoms with Gasteiger partial charge in [-0.1, -0.05) is 0 Å². The molecule has 1 atom stereocenters. The molecule has 0 bridgehead atoms. The van der Waals surface area contributed by atoms with Gasteiger partial charge in [0.25, 0.3) is 0 Å². The molecule has 32 heavy (non-hydrogen) atoms. The maximum atomic E-state index is 14.2. The lowest BCUT2D eigenvalue weighted by molar-refractivity contribution is 0.269. The van der Waals surface area contributed by atoms with Gasteiger partial charge in [-0.15, -0.1) is 0 Å². The number of nitrogens with zero attached hydrogens (tertiary/aromatic N) is 2. The van der Waals surface area contributed by atoms with Crippen molar-refractivity contribution >= 4 is 5.69 Å². The SMILES string of the molecule is COc1ccc(Oc2nc(-c3cc(F)c(CO)c(F)c3)ncc2NC[C@@H]2CCCN2)cc1. The molecule has 0 saturated carbocycles. The van der Waals surface area contributed by atoms with Crippen LogP contribution in [0.15, 0.2) is 42.6 Å². The zero-order chi connectivity index (χ0) is 22.5. The molecule has 1 aliphatic heterocycles. The van der Waals surface area contributed by atoms with Gasteiger partial charge in [0, 0.05) is 23.7 Å². The van der Waals surface area contributed by atoms with E-state index >= 15 is 0 Å². The van der Waals surface area contributed by atoms with Gasteiger partial charge in [0.15, 0.2) is 5.82 Å². The number of hydrogen-bond donors (Lipinski definition) is 3. The van der Waals surface area contributed by atoms with Crippen molar-refractivity contribution in [3.05, 3.63) is 59.8 Å². The molecular weight excluding hydrogens is 418 g/mol. The number of ether oxygens (including phenoxy) is 2. The molecule has 168 valence electrons. The van der Waals surface area contributed by atoms with E-state index in [1.165, 1.54) is 6.20 Å². The minimum absolute atomic E-state index is 0.0975. The van der Waals surface area contributed by atoms with Gasteiger partial charge in [-0.25, -0.2) is 13.8 Å². The fourth-order valence-corrected chi connectivity index (χ4v) is 3.51. The molecule has 1 aliphatic rings. The summed E-state index contributed by atoms with van der Waals surface area (Å²) < 4.78 is 39.5. The van der Waals surface area contributed by atoms with E-state index in [4.69, 9.17) is 14.6 Å². The normalized spacial score (nSPS) is 15.6. The van der Waals surface area contributed by atoms with Gasteiger partial charge in [-0.2, -0.15) is 4.98 Å². The lowest BCUT2D eigenvalue weighted by atomic mass is 10.1. The lowest BCUT2D eigenvalue weighted by Gasteiger charge is -2.16. The highest BCUT2D eigenvalue weighted by atomic mass is 19.1. The van der Waals surface area contributed by atoms with E-state index in [0.717, 1.165) is 31.5 Å². The Kier molecular flexibility index (Phi) is 6.77. The number of aliphatic hydroxyl groups is 1. The summed E-state index contributed by atoms with van der Waals surface area (Å²) in [6, 6.07) is 9.50. The zero-order valence-corrected chi connectivity index (χ0v) is 17.6. The maximum absolute atomic E-state index is 14.2. The molecule has 0 amide bonds. The number of rotatable bonds is 8. The van der Waals surface area contributed by atoms with Crippen LogP contribution in [0.5, 0.6) is 17.4 Å². The second-order valence-corrected chi connectivity index (χ2v) is 7.44. The molecule has 0 aliphatic carbocycles. The Bertz CT molecular complexity index is 1050. The van der Waals surface area contributed by atoms with Crippen molar-refractivity contribution in [2.24, 2.45) is 0 Å². The number of aliphatic hydroxyl groups excluding tert-OH is 1. The summed E-state index contributed by atoms with van der Waals surface area (Å²) in [4.78, 5) is 8.69. The number of anilines is 1. The topological polar surface area (TPSA) is 88.5 Å². The Balaban J connectivity index is 1.65. The Labute approximate surface area is 184 Å². The van der Waals surface area contributed by atoms with Gasteiger partial charge in [0.2, 0.25) is 5.88 Å². The molecule has 1 saturated heterocycles. The Morgan fingerprint density at radius 3 is 2.50 bits per heavy atom. The first-order chi connectivity index (χ1) is 15.6. The Morgan fingerprint density at radius 1 is 1.16 bits per heavy atom. The van der Waals surface area contributed by atoms with Crippen molar-refractivity contribution in [3.63, 3.8) is 0 Å². The molecule has 4 rings (SSSR count). The number of halogens is 2. The number of hydrogen-bond acceptors (Lipinski definition) is 7. The quantitative estimate of drug-likeness (QED) is 0.488. The smallest absolute Gasteiger partial charge is 0.246 e. The molecule has 2 heterocycles. The number of nitrogens with one attached hydrogen (secondary N) is 2. The predicted octanol–water partition coefficient (Wildman–Crippen LogP) is 3.88. The van der Waals surface area contributed by atoms with Crippen LogP contribution in [0, 0.1) is 11.6 Å². The van der Waals surface area contributed by atoms with Crippen LogP contribution >= 0.6 is 0 Å². The van der Waals surface area contributed by atoms with Crippen LogP contribution in [0.2, 0.25) is 0 Å². The monoisotopic (exact) mass is 442 g/mol. The standard InChI is InChI=1S/C23H24F2N4O3/c1-31-16-4-6-17(7-5-16)32-23-21(27-11-15-3-2-8-26-15)12-28-22(29-23)14-9-19(24)18(13-30)20(25)10-14/h4-7,9-10,12,15,26-27,30H,2-3,8,11,13H2,1H3/t15-/m0/s1. The summed E-state index contributed by atoms with van der Waals surface area (Å²) in [5.74, 6) is -0.200. The van der Waals surface area contributed by atoms with E-state index in [2.05, 4.69) is 20.6 Å². The average Bonchev–Trinajstić information content (AvgIpc) is 3.32. The first-order valence-corrected chi connectivity index (χ1v) is 10.3. The van der Waals surface area contributed by atoms with E-state index < -0.39 is 23.8 Å². The predicted molar refractivity (Wildman–Crippen MR) is 116 cm³/mol. The minimum Gasteiger partial charge on any atom is -0.497 e. The third-order valence-corrected chi connectivity index (χ3v) is 5.29. The highest BCUT2D eigenvalue weighted by molar-refractivity contribution is 5.61. The lowest BCUT2D eigenvalue weighted by Crippen LogP contribution is -2.29.